The summed E-state index contributed by atoms with van der Waals surface area (Å²) in [7, 11) is 0.772. The summed E-state index contributed by atoms with van der Waals surface area (Å²) in [6.45, 7) is 3.59. The highest BCUT2D eigenvalue weighted by molar-refractivity contribution is 7.90. The first-order chi connectivity index (χ1) is 15.1. The number of hydrogen-bond donors (Lipinski definition) is 1. The summed E-state index contributed by atoms with van der Waals surface area (Å²) in [5, 5.41) is 3.50. The molecule has 0 aliphatic carbocycles. The zero-order valence-electron chi connectivity index (χ0n) is 18.7. The maximum absolute atomic E-state index is 13.1. The lowest BCUT2D eigenvalue weighted by Crippen LogP contribution is -2.15. The minimum Gasteiger partial charge on any atom is -0.346 e. The molecule has 3 rings (SSSR count). The number of amides is 1. The molecule has 0 saturated heterocycles. The van der Waals surface area contributed by atoms with E-state index < -0.39 is 9.84 Å². The van der Waals surface area contributed by atoms with Gasteiger partial charge >= 0.3 is 0 Å². The number of anilines is 1. The van der Waals surface area contributed by atoms with Crippen molar-refractivity contribution in [2.24, 2.45) is 0 Å². The monoisotopic (exact) mass is 473 g/mol. The van der Waals surface area contributed by atoms with E-state index in [1.54, 1.807) is 12.1 Å². The first-order valence-electron chi connectivity index (χ1n) is 10.3. The Morgan fingerprint density at radius 3 is 2.34 bits per heavy atom. The van der Waals surface area contributed by atoms with Gasteiger partial charge in [0.25, 0.3) is 5.91 Å². The first-order valence-corrected chi connectivity index (χ1v) is 12.6. The molecule has 0 radical (unpaired) electrons. The molecule has 170 valence electrons. The number of carbonyl (C=O) groups is 1. The molecule has 8 heteroatoms. The summed E-state index contributed by atoms with van der Waals surface area (Å²) in [5.41, 5.74) is 3.73. The SMILES string of the molecule is Cc1c(C(=O)Nc2ccc(S(C)(=O)=O)cc2)cn(CCCN(C)C)c1-c1ccccc1Cl. The van der Waals surface area contributed by atoms with Crippen molar-refractivity contribution in [2.75, 3.05) is 32.2 Å². The molecule has 32 heavy (non-hydrogen) atoms. The minimum atomic E-state index is -3.29. The fourth-order valence-electron chi connectivity index (χ4n) is 3.62. The highest BCUT2D eigenvalue weighted by Crippen LogP contribution is 2.33. The molecule has 6 nitrogen and oxygen atoms in total. The van der Waals surface area contributed by atoms with Gasteiger partial charge < -0.3 is 14.8 Å². The largest absolute Gasteiger partial charge is 0.346 e. The number of aryl methyl sites for hydroxylation is 1. The molecule has 1 aromatic heterocycles. The molecule has 2 aromatic carbocycles. The van der Waals surface area contributed by atoms with E-state index in [0.29, 0.717) is 16.3 Å². The van der Waals surface area contributed by atoms with Gasteiger partial charge in [-0.1, -0.05) is 29.8 Å². The summed E-state index contributed by atoms with van der Waals surface area (Å²) < 4.78 is 25.4. The number of halogens is 1. The smallest absolute Gasteiger partial charge is 0.257 e. The summed E-state index contributed by atoms with van der Waals surface area (Å²) >= 11 is 6.49. The third-order valence-corrected chi connectivity index (χ3v) is 6.71. The molecule has 3 aromatic rings. The van der Waals surface area contributed by atoms with Gasteiger partial charge in [0.05, 0.1) is 16.2 Å². The second kappa shape index (κ2) is 9.90. The van der Waals surface area contributed by atoms with Crippen molar-refractivity contribution in [2.45, 2.75) is 24.8 Å². The van der Waals surface area contributed by atoms with Gasteiger partial charge in [0.2, 0.25) is 0 Å². The molecular weight excluding hydrogens is 446 g/mol. The molecule has 0 bridgehead atoms. The van der Waals surface area contributed by atoms with Crippen LogP contribution < -0.4 is 5.32 Å². The Morgan fingerprint density at radius 2 is 1.75 bits per heavy atom. The lowest BCUT2D eigenvalue weighted by atomic mass is 10.1. The molecule has 0 fully saturated rings. The van der Waals surface area contributed by atoms with Gasteiger partial charge in [0, 0.05) is 35.3 Å². The summed E-state index contributed by atoms with van der Waals surface area (Å²) in [5.74, 6) is -0.255. The molecular formula is C24H28ClN3O3S. The number of hydrogen-bond acceptors (Lipinski definition) is 4. The second-order valence-electron chi connectivity index (χ2n) is 8.10. The van der Waals surface area contributed by atoms with Gasteiger partial charge in [-0.3, -0.25) is 4.79 Å². The fraction of sp³-hybridized carbons (Fsp3) is 0.292. The van der Waals surface area contributed by atoms with E-state index >= 15 is 0 Å². The number of nitrogens with zero attached hydrogens (tertiary/aromatic N) is 2. The van der Waals surface area contributed by atoms with Gasteiger partial charge in [-0.15, -0.1) is 0 Å². The number of aromatic nitrogens is 1. The van der Waals surface area contributed by atoms with Gasteiger partial charge in [-0.05, 0) is 69.9 Å². The van der Waals surface area contributed by atoms with Crippen LogP contribution in [0.3, 0.4) is 0 Å². The van der Waals surface area contributed by atoms with Crippen molar-refractivity contribution < 1.29 is 13.2 Å². The first kappa shape index (κ1) is 24.0. The van der Waals surface area contributed by atoms with E-state index in [9.17, 15) is 13.2 Å². The average Bonchev–Trinajstić information content (AvgIpc) is 3.04. The molecule has 0 aliphatic rings. The van der Waals surface area contributed by atoms with E-state index in [4.69, 9.17) is 11.6 Å². The predicted molar refractivity (Wildman–Crippen MR) is 130 cm³/mol. The zero-order chi connectivity index (χ0) is 23.5. The van der Waals surface area contributed by atoms with Crippen molar-refractivity contribution in [1.29, 1.82) is 0 Å². The summed E-state index contributed by atoms with van der Waals surface area (Å²) in [4.78, 5) is 15.4. The molecule has 0 atom stereocenters. The lowest BCUT2D eigenvalue weighted by molar-refractivity contribution is 0.102. The van der Waals surface area contributed by atoms with Crippen molar-refractivity contribution in [3.05, 3.63) is 70.9 Å². The topological polar surface area (TPSA) is 71.4 Å². The van der Waals surface area contributed by atoms with Crippen LogP contribution in [0.25, 0.3) is 11.3 Å². The maximum Gasteiger partial charge on any atom is 0.257 e. The van der Waals surface area contributed by atoms with Gasteiger partial charge in [0.15, 0.2) is 9.84 Å². The Balaban J connectivity index is 1.93. The standard InChI is InChI=1S/C24H28ClN3O3S/c1-17-21(24(29)26-18-10-12-19(13-11-18)32(4,30)31)16-28(15-7-14-27(2)3)23(17)20-8-5-6-9-22(20)25/h5-6,8-13,16H,7,14-15H2,1-4H3,(H,26,29). The highest BCUT2D eigenvalue weighted by Gasteiger charge is 2.21. The normalized spacial score (nSPS) is 11.7. The van der Waals surface area contributed by atoms with Crippen molar-refractivity contribution in [3.63, 3.8) is 0 Å². The van der Waals surface area contributed by atoms with E-state index in [-0.39, 0.29) is 10.8 Å². The van der Waals surface area contributed by atoms with Gasteiger partial charge in [0.1, 0.15) is 0 Å². The maximum atomic E-state index is 13.1. The molecule has 1 heterocycles. The highest BCUT2D eigenvalue weighted by atomic mass is 35.5. The van der Waals surface area contributed by atoms with Crippen LogP contribution in [0.2, 0.25) is 5.02 Å². The quantitative estimate of drug-likeness (QED) is 0.513. The van der Waals surface area contributed by atoms with E-state index in [0.717, 1.165) is 42.6 Å². The number of sulfone groups is 1. The van der Waals surface area contributed by atoms with Crippen LogP contribution in [0.4, 0.5) is 5.69 Å². The zero-order valence-corrected chi connectivity index (χ0v) is 20.3. The Labute approximate surface area is 194 Å². The Morgan fingerprint density at radius 1 is 1.09 bits per heavy atom. The van der Waals surface area contributed by atoms with Crippen molar-refractivity contribution >= 4 is 33.0 Å². The summed E-state index contributed by atoms with van der Waals surface area (Å²) in [6.07, 6.45) is 3.94. The Kier molecular flexibility index (Phi) is 7.44. The Bertz CT molecular complexity index is 1220. The van der Waals surface area contributed by atoms with Crippen LogP contribution in [0.5, 0.6) is 0 Å². The molecule has 1 amide bonds. The van der Waals surface area contributed by atoms with Gasteiger partial charge in [-0.2, -0.15) is 0 Å². The van der Waals surface area contributed by atoms with Crippen LogP contribution in [0, 0.1) is 6.92 Å². The van der Waals surface area contributed by atoms with Crippen molar-refractivity contribution in [3.8, 4) is 11.3 Å². The average molecular weight is 474 g/mol. The van der Waals surface area contributed by atoms with Crippen LogP contribution in [0.1, 0.15) is 22.3 Å². The fourth-order valence-corrected chi connectivity index (χ4v) is 4.47. The van der Waals surface area contributed by atoms with Crippen molar-refractivity contribution in [1.82, 2.24) is 9.47 Å². The minimum absolute atomic E-state index is 0.208. The molecule has 0 saturated carbocycles. The molecule has 0 aliphatic heterocycles. The second-order valence-corrected chi connectivity index (χ2v) is 10.5. The molecule has 0 spiro atoms. The molecule has 1 N–H and O–H groups in total. The number of benzene rings is 2. The summed E-state index contributed by atoms with van der Waals surface area (Å²) in [6, 6.07) is 13.8. The number of rotatable bonds is 8. The van der Waals surface area contributed by atoms with Crippen LogP contribution in [0.15, 0.2) is 59.6 Å². The van der Waals surface area contributed by atoms with Crippen LogP contribution in [-0.2, 0) is 16.4 Å². The van der Waals surface area contributed by atoms with E-state index in [1.165, 1.54) is 12.1 Å². The molecule has 0 unspecified atom stereocenters. The van der Waals surface area contributed by atoms with Crippen LogP contribution >= 0.6 is 11.6 Å². The number of carbonyl (C=O) groups excluding carboxylic acids is 1. The third kappa shape index (κ3) is 5.59. The van der Waals surface area contributed by atoms with E-state index in [2.05, 4.69) is 14.8 Å². The predicted octanol–water partition coefficient (Wildman–Crippen LogP) is 4.72. The van der Waals surface area contributed by atoms with Crippen LogP contribution in [-0.4, -0.2) is 50.7 Å². The Hall–Kier alpha value is -2.61. The lowest BCUT2D eigenvalue weighted by Gasteiger charge is -2.14. The third-order valence-electron chi connectivity index (χ3n) is 5.25. The van der Waals surface area contributed by atoms with Gasteiger partial charge in [-0.25, -0.2) is 8.42 Å². The van der Waals surface area contributed by atoms with E-state index in [1.807, 2.05) is 51.5 Å². The number of nitrogens with one attached hydrogen (secondary N) is 1.